The first kappa shape index (κ1) is 15.0. The van der Waals surface area contributed by atoms with E-state index < -0.39 is 0 Å². The van der Waals surface area contributed by atoms with Crippen LogP contribution in [0.4, 0.5) is 0 Å². The highest BCUT2D eigenvalue weighted by molar-refractivity contribution is 5.02. The first-order valence-corrected chi connectivity index (χ1v) is 8.57. The van der Waals surface area contributed by atoms with Crippen molar-refractivity contribution in [3.8, 4) is 0 Å². The third kappa shape index (κ3) is 3.46. The number of rotatable bonds is 4. The van der Waals surface area contributed by atoms with Crippen molar-refractivity contribution in [2.24, 2.45) is 0 Å². The van der Waals surface area contributed by atoms with Gasteiger partial charge in [0.1, 0.15) is 11.6 Å². The number of nitrogens with one attached hydrogen (secondary N) is 1. The summed E-state index contributed by atoms with van der Waals surface area (Å²) in [4.78, 5) is 0. The molecule has 1 N–H and O–H groups in total. The van der Waals surface area contributed by atoms with Crippen molar-refractivity contribution in [1.29, 1.82) is 0 Å². The van der Waals surface area contributed by atoms with Crippen LogP contribution in [0, 0.1) is 0 Å². The van der Waals surface area contributed by atoms with E-state index in [4.69, 9.17) is 4.74 Å². The topological polar surface area (TPSA) is 52.0 Å². The summed E-state index contributed by atoms with van der Waals surface area (Å²) >= 11 is 0. The van der Waals surface area contributed by atoms with E-state index in [1.165, 1.54) is 25.1 Å². The molecule has 0 saturated carbocycles. The minimum absolute atomic E-state index is 0.268. The zero-order chi connectivity index (χ0) is 14.7. The fraction of sp³-hybridized carbons (Fsp3) is 0.875. The van der Waals surface area contributed by atoms with Crippen LogP contribution in [-0.4, -0.2) is 33.5 Å². The third-order valence-corrected chi connectivity index (χ3v) is 4.83. The van der Waals surface area contributed by atoms with Gasteiger partial charge in [0.2, 0.25) is 0 Å². The molecule has 3 unspecified atom stereocenters. The largest absolute Gasteiger partial charge is 0.378 e. The van der Waals surface area contributed by atoms with E-state index in [1.54, 1.807) is 0 Å². The average Bonchev–Trinajstić information content (AvgIpc) is 2.76. The molecular formula is C16H28N4O. The first-order chi connectivity index (χ1) is 10.3. The summed E-state index contributed by atoms with van der Waals surface area (Å²) in [7, 11) is 0. The van der Waals surface area contributed by atoms with Gasteiger partial charge in [0, 0.05) is 25.6 Å². The summed E-state index contributed by atoms with van der Waals surface area (Å²) < 4.78 is 8.11. The fourth-order valence-electron chi connectivity index (χ4n) is 3.57. The van der Waals surface area contributed by atoms with Gasteiger partial charge in [0.25, 0.3) is 0 Å². The van der Waals surface area contributed by atoms with Gasteiger partial charge in [-0.3, -0.25) is 0 Å². The van der Waals surface area contributed by atoms with E-state index in [-0.39, 0.29) is 6.04 Å². The Bertz CT molecular complexity index is 459. The monoisotopic (exact) mass is 292 g/mol. The smallest absolute Gasteiger partial charge is 0.149 e. The highest BCUT2D eigenvalue weighted by Gasteiger charge is 2.25. The lowest BCUT2D eigenvalue weighted by atomic mass is 10.0. The van der Waals surface area contributed by atoms with Gasteiger partial charge < -0.3 is 14.6 Å². The maximum atomic E-state index is 5.76. The third-order valence-electron chi connectivity index (χ3n) is 4.83. The molecular weight excluding hydrogens is 264 g/mol. The Morgan fingerprint density at radius 3 is 3.10 bits per heavy atom. The van der Waals surface area contributed by atoms with Crippen molar-refractivity contribution < 1.29 is 4.74 Å². The van der Waals surface area contributed by atoms with Gasteiger partial charge in [-0.05, 0) is 39.0 Å². The fourth-order valence-corrected chi connectivity index (χ4v) is 3.57. The zero-order valence-corrected chi connectivity index (χ0v) is 13.3. The Labute approximate surface area is 127 Å². The Morgan fingerprint density at radius 2 is 2.24 bits per heavy atom. The molecule has 5 heteroatoms. The van der Waals surface area contributed by atoms with Gasteiger partial charge in [-0.1, -0.05) is 13.3 Å². The molecule has 0 radical (unpaired) electrons. The Kier molecular flexibility index (Phi) is 4.91. The quantitative estimate of drug-likeness (QED) is 0.927. The molecule has 0 aromatic carbocycles. The summed E-state index contributed by atoms with van der Waals surface area (Å²) in [5.41, 5.74) is 0. The molecule has 0 aliphatic carbocycles. The van der Waals surface area contributed by atoms with Crippen LogP contribution in [0.25, 0.3) is 0 Å². The molecule has 1 aromatic rings. The number of aromatic nitrogens is 3. The number of hydrogen-bond acceptors (Lipinski definition) is 4. The number of fused-ring (bicyclic) bond motifs is 1. The predicted molar refractivity (Wildman–Crippen MR) is 82.2 cm³/mol. The first-order valence-electron chi connectivity index (χ1n) is 8.57. The molecule has 0 amide bonds. The Balaban J connectivity index is 1.65. The zero-order valence-electron chi connectivity index (χ0n) is 13.3. The lowest BCUT2D eigenvalue weighted by molar-refractivity contribution is -0.00188. The molecule has 1 saturated heterocycles. The summed E-state index contributed by atoms with van der Waals surface area (Å²) in [5.74, 6) is 2.29. The molecule has 2 aliphatic heterocycles. The number of aryl methyl sites for hydroxylation is 1. The highest BCUT2D eigenvalue weighted by Crippen LogP contribution is 2.22. The van der Waals surface area contributed by atoms with Crippen LogP contribution in [0.2, 0.25) is 0 Å². The molecule has 2 aliphatic rings. The SMILES string of the molecule is CCC1CC(NC(C)c2nnc3n2CCCCC3)CCO1. The number of nitrogens with zero attached hydrogens (tertiary/aromatic N) is 3. The van der Waals surface area contributed by atoms with Crippen molar-refractivity contribution in [3.05, 3.63) is 11.6 Å². The van der Waals surface area contributed by atoms with E-state index in [9.17, 15) is 0 Å². The van der Waals surface area contributed by atoms with E-state index in [2.05, 4.69) is 33.9 Å². The van der Waals surface area contributed by atoms with Crippen molar-refractivity contribution in [2.75, 3.05) is 6.61 Å². The second kappa shape index (κ2) is 6.88. The van der Waals surface area contributed by atoms with Gasteiger partial charge in [-0.25, -0.2) is 0 Å². The van der Waals surface area contributed by atoms with Gasteiger partial charge >= 0.3 is 0 Å². The Morgan fingerprint density at radius 1 is 1.33 bits per heavy atom. The molecule has 118 valence electrons. The summed E-state index contributed by atoms with van der Waals surface area (Å²) in [6.07, 6.45) is 8.62. The van der Waals surface area contributed by atoms with Crippen molar-refractivity contribution >= 4 is 0 Å². The lowest BCUT2D eigenvalue weighted by Crippen LogP contribution is -2.40. The van der Waals surface area contributed by atoms with Crippen molar-refractivity contribution in [1.82, 2.24) is 20.1 Å². The molecule has 3 atom stereocenters. The van der Waals surface area contributed by atoms with Crippen LogP contribution < -0.4 is 5.32 Å². The van der Waals surface area contributed by atoms with Crippen molar-refractivity contribution in [2.45, 2.75) is 83.5 Å². The summed E-state index contributed by atoms with van der Waals surface area (Å²) in [6, 6.07) is 0.808. The van der Waals surface area contributed by atoms with E-state index >= 15 is 0 Å². The van der Waals surface area contributed by atoms with Crippen LogP contribution in [0.5, 0.6) is 0 Å². The maximum absolute atomic E-state index is 5.76. The van der Waals surface area contributed by atoms with Crippen LogP contribution >= 0.6 is 0 Å². The van der Waals surface area contributed by atoms with Gasteiger partial charge in [-0.15, -0.1) is 10.2 Å². The average molecular weight is 292 g/mol. The van der Waals surface area contributed by atoms with Gasteiger partial charge in [0.05, 0.1) is 12.1 Å². The molecule has 21 heavy (non-hydrogen) atoms. The second-order valence-electron chi connectivity index (χ2n) is 6.45. The van der Waals surface area contributed by atoms with E-state index in [1.807, 2.05) is 0 Å². The summed E-state index contributed by atoms with van der Waals surface area (Å²) in [6.45, 7) is 6.38. The molecule has 1 aromatic heterocycles. The van der Waals surface area contributed by atoms with Crippen LogP contribution in [-0.2, 0) is 17.7 Å². The lowest BCUT2D eigenvalue weighted by Gasteiger charge is -2.31. The minimum Gasteiger partial charge on any atom is -0.378 e. The van der Waals surface area contributed by atoms with E-state index in [0.717, 1.165) is 44.7 Å². The number of ether oxygens (including phenoxy) is 1. The highest BCUT2D eigenvalue weighted by atomic mass is 16.5. The molecule has 0 spiro atoms. The summed E-state index contributed by atoms with van der Waals surface area (Å²) in [5, 5.41) is 12.6. The second-order valence-corrected chi connectivity index (χ2v) is 6.45. The standard InChI is InChI=1S/C16H28N4O/c1-3-14-11-13(8-10-21-14)17-12(2)16-19-18-15-7-5-4-6-9-20(15)16/h12-14,17H,3-11H2,1-2H3. The molecule has 3 heterocycles. The minimum atomic E-state index is 0.268. The van der Waals surface area contributed by atoms with Crippen LogP contribution in [0.3, 0.4) is 0 Å². The predicted octanol–water partition coefficient (Wildman–Crippen LogP) is 2.61. The van der Waals surface area contributed by atoms with Crippen LogP contribution in [0.15, 0.2) is 0 Å². The molecule has 5 nitrogen and oxygen atoms in total. The molecule has 3 rings (SSSR count). The maximum Gasteiger partial charge on any atom is 0.149 e. The molecule has 0 bridgehead atoms. The normalized spacial score (nSPS) is 27.9. The van der Waals surface area contributed by atoms with E-state index in [0.29, 0.717) is 12.1 Å². The van der Waals surface area contributed by atoms with Crippen molar-refractivity contribution in [3.63, 3.8) is 0 Å². The van der Waals surface area contributed by atoms with Gasteiger partial charge in [0.15, 0.2) is 0 Å². The molecule has 1 fully saturated rings. The van der Waals surface area contributed by atoms with Crippen LogP contribution in [0.1, 0.15) is 70.1 Å². The Hall–Kier alpha value is -0.940. The van der Waals surface area contributed by atoms with Gasteiger partial charge in [-0.2, -0.15) is 0 Å². The number of hydrogen-bond donors (Lipinski definition) is 1.